The number of carbonyl (C=O) groups is 1. The quantitative estimate of drug-likeness (QED) is 0.795. The highest BCUT2D eigenvalue weighted by molar-refractivity contribution is 5.95. The maximum atomic E-state index is 12.2. The van der Waals surface area contributed by atoms with Crippen molar-refractivity contribution in [3.63, 3.8) is 0 Å². The summed E-state index contributed by atoms with van der Waals surface area (Å²) in [6, 6.07) is 9.27. The molecule has 3 aliphatic rings. The summed E-state index contributed by atoms with van der Waals surface area (Å²) >= 11 is 0. The van der Waals surface area contributed by atoms with E-state index in [1.54, 1.807) is 6.07 Å². The Morgan fingerprint density at radius 2 is 2.00 bits per heavy atom. The molecular formula is C15H16N4O. The minimum absolute atomic E-state index is 0.0267. The Balaban J connectivity index is 1.50. The van der Waals surface area contributed by atoms with Crippen LogP contribution in [-0.2, 0) is 0 Å². The molecule has 0 spiro atoms. The Morgan fingerprint density at radius 3 is 2.50 bits per heavy atom. The van der Waals surface area contributed by atoms with Gasteiger partial charge in [0.25, 0.3) is 5.91 Å². The number of anilines is 1. The second kappa shape index (κ2) is 3.85. The third-order valence-corrected chi connectivity index (χ3v) is 4.47. The summed E-state index contributed by atoms with van der Waals surface area (Å²) in [6.45, 7) is 0. The van der Waals surface area contributed by atoms with E-state index in [0.29, 0.717) is 11.4 Å². The van der Waals surface area contributed by atoms with Crippen molar-refractivity contribution in [3.05, 3.63) is 35.9 Å². The molecule has 0 saturated heterocycles. The van der Waals surface area contributed by atoms with Crippen molar-refractivity contribution in [3.8, 4) is 11.3 Å². The monoisotopic (exact) mass is 268 g/mol. The molecule has 2 aromatic rings. The number of rotatable bonds is 3. The molecule has 3 saturated carbocycles. The lowest BCUT2D eigenvalue weighted by Crippen LogP contribution is -2.68. The van der Waals surface area contributed by atoms with Gasteiger partial charge in [0.05, 0.1) is 5.69 Å². The second-order valence-corrected chi connectivity index (χ2v) is 6.00. The first-order valence-corrected chi connectivity index (χ1v) is 6.87. The van der Waals surface area contributed by atoms with Crippen LogP contribution in [0.15, 0.2) is 30.3 Å². The fourth-order valence-electron chi connectivity index (χ4n) is 3.23. The van der Waals surface area contributed by atoms with Gasteiger partial charge in [0.15, 0.2) is 0 Å². The zero-order valence-electron chi connectivity index (χ0n) is 11.0. The van der Waals surface area contributed by atoms with Crippen molar-refractivity contribution in [1.29, 1.82) is 0 Å². The third kappa shape index (κ3) is 1.70. The lowest BCUT2D eigenvalue weighted by molar-refractivity contribution is -0.0438. The molecular weight excluding hydrogens is 252 g/mol. The van der Waals surface area contributed by atoms with E-state index in [1.807, 2.05) is 24.3 Å². The zero-order chi connectivity index (χ0) is 13.7. The van der Waals surface area contributed by atoms with E-state index in [9.17, 15) is 4.79 Å². The molecule has 5 heteroatoms. The molecule has 20 heavy (non-hydrogen) atoms. The fraction of sp³-hybridized carbons (Fsp3) is 0.333. The number of nitrogens with zero attached hydrogens (tertiary/aromatic N) is 1. The number of H-pyrrole nitrogens is 1. The first-order chi connectivity index (χ1) is 9.63. The van der Waals surface area contributed by atoms with E-state index in [2.05, 4.69) is 15.5 Å². The van der Waals surface area contributed by atoms with Gasteiger partial charge in [-0.25, -0.2) is 0 Å². The van der Waals surface area contributed by atoms with Crippen molar-refractivity contribution >= 4 is 11.7 Å². The molecule has 0 unspecified atom stereocenters. The number of aromatic amines is 1. The Kier molecular flexibility index (Phi) is 2.22. The number of amides is 1. The fourth-order valence-corrected chi connectivity index (χ4v) is 3.23. The van der Waals surface area contributed by atoms with Gasteiger partial charge in [0, 0.05) is 17.2 Å². The molecule has 3 fully saturated rings. The predicted octanol–water partition coefficient (Wildman–Crippen LogP) is 1.94. The number of nitrogens with two attached hydrogens (primary N) is 1. The number of carbonyl (C=O) groups excluding carboxylic acids is 1. The van der Waals surface area contributed by atoms with Gasteiger partial charge >= 0.3 is 0 Å². The number of benzene rings is 1. The minimum atomic E-state index is 0.0267. The first kappa shape index (κ1) is 11.5. The van der Waals surface area contributed by atoms with Crippen LogP contribution in [0.2, 0.25) is 0 Å². The minimum Gasteiger partial charge on any atom is -0.382 e. The molecule has 5 nitrogen and oxygen atoms in total. The van der Waals surface area contributed by atoms with E-state index in [-0.39, 0.29) is 11.4 Å². The van der Waals surface area contributed by atoms with Crippen molar-refractivity contribution in [2.75, 3.05) is 5.73 Å². The van der Waals surface area contributed by atoms with E-state index >= 15 is 0 Å². The lowest BCUT2D eigenvalue weighted by Gasteiger charge is -2.61. The molecule has 102 valence electrons. The number of nitrogens with one attached hydrogen (secondary N) is 2. The summed E-state index contributed by atoms with van der Waals surface area (Å²) in [5.74, 6) is 1.35. The van der Waals surface area contributed by atoms with Gasteiger partial charge in [-0.2, -0.15) is 5.10 Å². The smallest absolute Gasteiger partial charge is 0.251 e. The van der Waals surface area contributed by atoms with Crippen LogP contribution in [0, 0.1) is 5.92 Å². The Bertz CT molecular complexity index is 656. The first-order valence-electron chi connectivity index (χ1n) is 6.87. The average Bonchev–Trinajstić information content (AvgIpc) is 2.79. The third-order valence-electron chi connectivity index (χ3n) is 4.47. The maximum Gasteiger partial charge on any atom is 0.251 e. The summed E-state index contributed by atoms with van der Waals surface area (Å²) in [5.41, 5.74) is 8.23. The van der Waals surface area contributed by atoms with Crippen LogP contribution in [0.25, 0.3) is 11.3 Å². The van der Waals surface area contributed by atoms with E-state index in [0.717, 1.165) is 36.4 Å². The van der Waals surface area contributed by atoms with E-state index < -0.39 is 0 Å². The number of hydrogen-bond acceptors (Lipinski definition) is 3. The molecule has 5 rings (SSSR count). The van der Waals surface area contributed by atoms with Gasteiger partial charge < -0.3 is 11.1 Å². The van der Waals surface area contributed by atoms with Gasteiger partial charge in [-0.15, -0.1) is 0 Å². The molecule has 3 aliphatic carbocycles. The molecule has 1 amide bonds. The van der Waals surface area contributed by atoms with E-state index in [1.165, 1.54) is 0 Å². The van der Waals surface area contributed by atoms with Gasteiger partial charge in [-0.1, -0.05) is 12.1 Å². The molecule has 1 aromatic heterocycles. The Labute approximate surface area is 116 Å². The van der Waals surface area contributed by atoms with Crippen molar-refractivity contribution in [2.45, 2.75) is 24.8 Å². The molecule has 2 bridgehead atoms. The topological polar surface area (TPSA) is 83.8 Å². The van der Waals surface area contributed by atoms with Crippen LogP contribution in [-0.4, -0.2) is 21.6 Å². The van der Waals surface area contributed by atoms with Crippen LogP contribution in [0.5, 0.6) is 0 Å². The molecule has 0 radical (unpaired) electrons. The van der Waals surface area contributed by atoms with Crippen molar-refractivity contribution in [1.82, 2.24) is 15.5 Å². The Morgan fingerprint density at radius 1 is 1.30 bits per heavy atom. The Hall–Kier alpha value is -2.30. The highest BCUT2D eigenvalue weighted by Crippen LogP contribution is 2.56. The van der Waals surface area contributed by atoms with Gasteiger partial charge in [0.2, 0.25) is 0 Å². The summed E-state index contributed by atoms with van der Waals surface area (Å²) in [4.78, 5) is 12.2. The summed E-state index contributed by atoms with van der Waals surface area (Å²) < 4.78 is 0. The van der Waals surface area contributed by atoms with Crippen LogP contribution < -0.4 is 11.1 Å². The standard InChI is InChI=1S/C15H16N4O/c16-13-5-12(18-19-13)10-1-3-11(4-2-10)14(20)17-15-6-9(7-15)8-15/h1-5,9H,6-8H2,(H,17,20)(H3,16,18,19). The van der Waals surface area contributed by atoms with Crippen LogP contribution >= 0.6 is 0 Å². The maximum absolute atomic E-state index is 12.2. The summed E-state index contributed by atoms with van der Waals surface area (Å²) in [6.07, 6.45) is 3.47. The lowest BCUT2D eigenvalue weighted by atomic mass is 9.50. The summed E-state index contributed by atoms with van der Waals surface area (Å²) in [5, 5.41) is 9.91. The largest absolute Gasteiger partial charge is 0.382 e. The molecule has 1 heterocycles. The number of nitrogen functional groups attached to an aromatic ring is 1. The van der Waals surface area contributed by atoms with Gasteiger partial charge in [0.1, 0.15) is 5.82 Å². The van der Waals surface area contributed by atoms with Crippen LogP contribution in [0.4, 0.5) is 5.82 Å². The van der Waals surface area contributed by atoms with Crippen molar-refractivity contribution < 1.29 is 4.79 Å². The highest BCUT2D eigenvalue weighted by atomic mass is 16.1. The molecule has 0 atom stereocenters. The SMILES string of the molecule is Nc1cc(-c2ccc(C(=O)NC34CC(C3)C4)cc2)[nH]n1. The second-order valence-electron chi connectivity index (χ2n) is 6.00. The average molecular weight is 268 g/mol. The molecule has 4 N–H and O–H groups in total. The predicted molar refractivity (Wildman–Crippen MR) is 76.0 cm³/mol. The highest BCUT2D eigenvalue weighted by Gasteiger charge is 2.57. The van der Waals surface area contributed by atoms with E-state index in [4.69, 9.17) is 5.73 Å². The molecule has 1 aromatic carbocycles. The molecule has 0 aliphatic heterocycles. The van der Waals surface area contributed by atoms with Crippen LogP contribution in [0.1, 0.15) is 29.6 Å². The number of aromatic nitrogens is 2. The summed E-state index contributed by atoms with van der Waals surface area (Å²) in [7, 11) is 0. The number of hydrogen-bond donors (Lipinski definition) is 3. The zero-order valence-corrected chi connectivity index (χ0v) is 11.0. The van der Waals surface area contributed by atoms with Crippen molar-refractivity contribution in [2.24, 2.45) is 5.92 Å². The van der Waals surface area contributed by atoms with Crippen LogP contribution in [0.3, 0.4) is 0 Å². The van der Waals surface area contributed by atoms with Gasteiger partial charge in [-0.05, 0) is 42.9 Å². The van der Waals surface area contributed by atoms with Gasteiger partial charge in [-0.3, -0.25) is 9.89 Å². The normalized spacial score (nSPS) is 26.5.